The largest absolute Gasteiger partial charge is 0.493 e. The highest BCUT2D eigenvalue weighted by molar-refractivity contribution is 5.76. The van der Waals surface area contributed by atoms with E-state index < -0.39 is 0 Å². The number of ether oxygens (including phenoxy) is 2. The van der Waals surface area contributed by atoms with Gasteiger partial charge >= 0.3 is 0 Å². The molecule has 6 heteroatoms. The number of para-hydroxylation sites is 2. The second kappa shape index (κ2) is 11.5. The van der Waals surface area contributed by atoms with E-state index in [-0.39, 0.29) is 0 Å². The summed E-state index contributed by atoms with van der Waals surface area (Å²) in [6.45, 7) is 12.1. The van der Waals surface area contributed by atoms with Gasteiger partial charge in [0.1, 0.15) is 5.82 Å². The molecule has 0 bridgehead atoms. The molecule has 2 heterocycles. The molecule has 3 aromatic rings. The lowest BCUT2D eigenvalue weighted by atomic mass is 10.1. The second-order valence-corrected chi connectivity index (χ2v) is 9.16. The fourth-order valence-electron chi connectivity index (χ4n) is 4.70. The predicted octanol–water partition coefficient (Wildman–Crippen LogP) is 4.94. The van der Waals surface area contributed by atoms with Crippen LogP contribution in [0.2, 0.25) is 0 Å². The van der Waals surface area contributed by atoms with E-state index in [2.05, 4.69) is 65.2 Å². The van der Waals surface area contributed by atoms with Crippen LogP contribution in [0.5, 0.6) is 11.5 Å². The summed E-state index contributed by atoms with van der Waals surface area (Å²) in [5, 5.41) is 0. The summed E-state index contributed by atoms with van der Waals surface area (Å²) in [7, 11) is 3.89. The van der Waals surface area contributed by atoms with Crippen molar-refractivity contribution in [3.05, 3.63) is 66.5 Å². The number of likely N-dealkylation sites (N-methyl/N-ethyl adjacent to an activating group) is 1. The number of hydrogen-bond acceptors (Lipinski definition) is 5. The molecule has 1 saturated heterocycles. The highest BCUT2D eigenvalue weighted by atomic mass is 16.5. The van der Waals surface area contributed by atoms with Crippen LogP contribution < -0.4 is 9.47 Å². The van der Waals surface area contributed by atoms with Gasteiger partial charge in [-0.25, -0.2) is 4.98 Å². The molecule has 1 fully saturated rings. The molecule has 0 spiro atoms. The summed E-state index contributed by atoms with van der Waals surface area (Å²) < 4.78 is 14.0. The number of fused-ring (bicyclic) bond motifs is 1. The van der Waals surface area contributed by atoms with E-state index in [9.17, 15) is 0 Å². The van der Waals surface area contributed by atoms with Crippen molar-refractivity contribution >= 4 is 11.0 Å². The van der Waals surface area contributed by atoms with E-state index in [1.807, 2.05) is 18.2 Å². The molecule has 0 N–H and O–H groups in total. The molecule has 1 aromatic heterocycles. The molecule has 1 aliphatic rings. The van der Waals surface area contributed by atoms with E-state index in [0.29, 0.717) is 12.6 Å². The molecular formula is C28H38N4O2. The van der Waals surface area contributed by atoms with Crippen LogP contribution in [0.25, 0.3) is 11.0 Å². The first-order valence-electron chi connectivity index (χ1n) is 12.4. The Kier molecular flexibility index (Phi) is 8.25. The van der Waals surface area contributed by atoms with Gasteiger partial charge in [0.15, 0.2) is 11.5 Å². The zero-order valence-corrected chi connectivity index (χ0v) is 20.9. The molecule has 0 radical (unpaired) electrons. The van der Waals surface area contributed by atoms with Gasteiger partial charge in [0.05, 0.1) is 30.8 Å². The molecule has 0 saturated carbocycles. The normalized spacial score (nSPS) is 16.0. The van der Waals surface area contributed by atoms with Crippen LogP contribution in [-0.4, -0.2) is 66.3 Å². The van der Waals surface area contributed by atoms with Crippen molar-refractivity contribution in [2.45, 2.75) is 38.8 Å². The van der Waals surface area contributed by atoms with Crippen molar-refractivity contribution in [2.24, 2.45) is 0 Å². The smallest absolute Gasteiger partial charge is 0.161 e. The zero-order valence-electron chi connectivity index (χ0n) is 20.9. The fourth-order valence-corrected chi connectivity index (χ4v) is 4.70. The molecule has 2 aromatic carbocycles. The van der Waals surface area contributed by atoms with Gasteiger partial charge in [-0.1, -0.05) is 24.3 Å². The SMILES string of the molecule is C=CCc1ccc(OCCCCn2c(C(C)N3CCN(C)CC3)nc3ccccc32)c(OC)c1. The van der Waals surface area contributed by atoms with Crippen molar-refractivity contribution in [3.63, 3.8) is 0 Å². The number of unbranched alkanes of at least 4 members (excludes halogenated alkanes) is 1. The minimum absolute atomic E-state index is 0.302. The third-order valence-corrected chi connectivity index (χ3v) is 6.79. The minimum atomic E-state index is 0.302. The Hall–Kier alpha value is -2.83. The Labute approximate surface area is 203 Å². The fraction of sp³-hybridized carbons (Fsp3) is 0.464. The maximum atomic E-state index is 6.06. The van der Waals surface area contributed by atoms with Gasteiger partial charge < -0.3 is 18.9 Å². The predicted molar refractivity (Wildman–Crippen MR) is 139 cm³/mol. The van der Waals surface area contributed by atoms with Crippen LogP contribution in [0.1, 0.15) is 37.2 Å². The zero-order chi connectivity index (χ0) is 23.9. The summed E-state index contributed by atoms with van der Waals surface area (Å²) >= 11 is 0. The first-order chi connectivity index (χ1) is 16.6. The van der Waals surface area contributed by atoms with Crippen molar-refractivity contribution in [3.8, 4) is 11.5 Å². The van der Waals surface area contributed by atoms with E-state index >= 15 is 0 Å². The Balaban J connectivity index is 1.39. The van der Waals surface area contributed by atoms with Crippen LogP contribution in [0.3, 0.4) is 0 Å². The van der Waals surface area contributed by atoms with Crippen LogP contribution in [-0.2, 0) is 13.0 Å². The highest BCUT2D eigenvalue weighted by Crippen LogP contribution is 2.29. The number of imidazole rings is 1. The molecule has 1 unspecified atom stereocenters. The second-order valence-electron chi connectivity index (χ2n) is 9.16. The number of aryl methyl sites for hydroxylation is 1. The molecular weight excluding hydrogens is 424 g/mol. The maximum Gasteiger partial charge on any atom is 0.161 e. The van der Waals surface area contributed by atoms with Gasteiger partial charge in [-0.2, -0.15) is 0 Å². The quantitative estimate of drug-likeness (QED) is 0.298. The third kappa shape index (κ3) is 5.62. The van der Waals surface area contributed by atoms with E-state index in [1.54, 1.807) is 7.11 Å². The Morgan fingerprint density at radius 2 is 1.85 bits per heavy atom. The van der Waals surface area contributed by atoms with Crippen molar-refractivity contribution < 1.29 is 9.47 Å². The number of hydrogen-bond donors (Lipinski definition) is 0. The molecule has 1 aliphatic heterocycles. The van der Waals surface area contributed by atoms with Gasteiger partial charge in [-0.3, -0.25) is 4.90 Å². The Bertz CT molecular complexity index is 1090. The molecule has 6 nitrogen and oxygen atoms in total. The van der Waals surface area contributed by atoms with Gasteiger partial charge in [0, 0.05) is 32.7 Å². The van der Waals surface area contributed by atoms with Crippen LogP contribution in [0.15, 0.2) is 55.1 Å². The monoisotopic (exact) mass is 462 g/mol. The maximum absolute atomic E-state index is 6.06. The van der Waals surface area contributed by atoms with E-state index in [4.69, 9.17) is 14.5 Å². The van der Waals surface area contributed by atoms with Crippen LogP contribution >= 0.6 is 0 Å². The first kappa shape index (κ1) is 24.3. The van der Waals surface area contributed by atoms with Gasteiger partial charge in [0.2, 0.25) is 0 Å². The Morgan fingerprint density at radius 1 is 1.06 bits per heavy atom. The molecule has 0 aliphatic carbocycles. The lowest BCUT2D eigenvalue weighted by Crippen LogP contribution is -2.45. The summed E-state index contributed by atoms with van der Waals surface area (Å²) in [4.78, 5) is 10.0. The molecule has 182 valence electrons. The third-order valence-electron chi connectivity index (χ3n) is 6.79. The van der Waals surface area contributed by atoms with Gasteiger partial charge in [0.25, 0.3) is 0 Å². The molecule has 0 amide bonds. The van der Waals surface area contributed by atoms with Crippen molar-refractivity contribution in [2.75, 3.05) is 46.9 Å². The number of benzene rings is 2. The van der Waals surface area contributed by atoms with E-state index in [1.165, 1.54) is 16.9 Å². The van der Waals surface area contributed by atoms with Gasteiger partial charge in [-0.05, 0) is 63.1 Å². The van der Waals surface area contributed by atoms with E-state index in [0.717, 1.165) is 69.0 Å². The first-order valence-corrected chi connectivity index (χ1v) is 12.4. The highest BCUT2D eigenvalue weighted by Gasteiger charge is 2.25. The van der Waals surface area contributed by atoms with Crippen molar-refractivity contribution in [1.82, 2.24) is 19.4 Å². The average molecular weight is 463 g/mol. The summed E-state index contributed by atoms with van der Waals surface area (Å²) in [6.07, 6.45) is 4.71. The topological polar surface area (TPSA) is 42.8 Å². The molecule has 4 rings (SSSR count). The van der Waals surface area contributed by atoms with Crippen molar-refractivity contribution in [1.29, 1.82) is 0 Å². The number of methoxy groups -OCH3 is 1. The number of nitrogens with zero attached hydrogens (tertiary/aromatic N) is 4. The average Bonchev–Trinajstić information content (AvgIpc) is 3.23. The summed E-state index contributed by atoms with van der Waals surface area (Å²) in [5.41, 5.74) is 3.48. The summed E-state index contributed by atoms with van der Waals surface area (Å²) in [5.74, 6) is 2.75. The minimum Gasteiger partial charge on any atom is -0.493 e. The Morgan fingerprint density at radius 3 is 2.62 bits per heavy atom. The lowest BCUT2D eigenvalue weighted by molar-refractivity contribution is 0.113. The number of aromatic nitrogens is 2. The van der Waals surface area contributed by atoms with Gasteiger partial charge in [-0.15, -0.1) is 6.58 Å². The molecule has 1 atom stereocenters. The lowest BCUT2D eigenvalue weighted by Gasteiger charge is -2.36. The summed E-state index contributed by atoms with van der Waals surface area (Å²) in [6, 6.07) is 14.9. The van der Waals surface area contributed by atoms with Crippen LogP contribution in [0, 0.1) is 0 Å². The standard InChI is InChI=1S/C28H38N4O2/c1-5-10-23-13-14-26(27(21-23)33-4)34-20-9-8-15-32-25-12-7-6-11-24(25)29-28(32)22(2)31-18-16-30(3)17-19-31/h5-7,11-14,21-22H,1,8-10,15-20H2,2-4H3. The number of allylic oxidation sites excluding steroid dienone is 1. The van der Waals surface area contributed by atoms with Crippen LogP contribution in [0.4, 0.5) is 0 Å². The number of rotatable bonds is 11. The number of piperazine rings is 1. The molecule has 34 heavy (non-hydrogen) atoms.